The monoisotopic (exact) mass is 248 g/mol. The molecule has 0 spiro atoms. The van der Waals surface area contributed by atoms with Crippen LogP contribution in [0.3, 0.4) is 0 Å². The van der Waals surface area contributed by atoms with Gasteiger partial charge in [-0.2, -0.15) is 0 Å². The lowest BCUT2D eigenvalue weighted by atomic mass is 9.98. The molecule has 96 valence electrons. The van der Waals surface area contributed by atoms with E-state index in [1.807, 2.05) is 6.07 Å². The number of nitrogens with one attached hydrogen (secondary N) is 2. The van der Waals surface area contributed by atoms with Crippen molar-refractivity contribution in [2.24, 2.45) is 5.92 Å². The topological polar surface area (TPSA) is 78.4 Å². The zero-order valence-electron chi connectivity index (χ0n) is 9.93. The fraction of sp³-hybridized carbons (Fsp3) is 0.385. The summed E-state index contributed by atoms with van der Waals surface area (Å²) >= 11 is 0. The van der Waals surface area contributed by atoms with Crippen molar-refractivity contribution in [3.05, 3.63) is 35.9 Å². The highest BCUT2D eigenvalue weighted by atomic mass is 16.4. The molecular weight excluding hydrogens is 232 g/mol. The molecule has 1 saturated heterocycles. The highest BCUT2D eigenvalue weighted by Crippen LogP contribution is 2.15. The molecule has 1 atom stereocenters. The van der Waals surface area contributed by atoms with Crippen LogP contribution in [-0.4, -0.2) is 36.6 Å². The van der Waals surface area contributed by atoms with Crippen LogP contribution < -0.4 is 10.6 Å². The predicted octanol–water partition coefficient (Wildman–Crippen LogP) is 0.190. The zero-order chi connectivity index (χ0) is 13.0. The van der Waals surface area contributed by atoms with Gasteiger partial charge >= 0.3 is 5.97 Å². The van der Waals surface area contributed by atoms with Crippen LogP contribution in [0.15, 0.2) is 30.3 Å². The van der Waals surface area contributed by atoms with Crippen molar-refractivity contribution in [3.63, 3.8) is 0 Å². The number of carboxylic acids is 1. The van der Waals surface area contributed by atoms with E-state index in [2.05, 4.69) is 10.6 Å². The smallest absolute Gasteiger partial charge is 0.312 e. The Hall–Kier alpha value is -1.88. The van der Waals surface area contributed by atoms with Gasteiger partial charge in [0.2, 0.25) is 5.91 Å². The average molecular weight is 248 g/mol. The number of carboxylic acid groups (broad SMARTS) is 1. The first-order valence-corrected chi connectivity index (χ1v) is 5.94. The molecule has 3 N–H and O–H groups in total. The maximum absolute atomic E-state index is 11.6. The normalized spacial score (nSPS) is 16.7. The minimum atomic E-state index is -0.923. The summed E-state index contributed by atoms with van der Waals surface area (Å²) in [5, 5.41) is 14.9. The quantitative estimate of drug-likeness (QED) is 0.695. The Bertz CT molecular complexity index is 429. The van der Waals surface area contributed by atoms with Crippen LogP contribution in [0.5, 0.6) is 0 Å². The van der Waals surface area contributed by atoms with Gasteiger partial charge < -0.3 is 15.7 Å². The third kappa shape index (κ3) is 2.87. The van der Waals surface area contributed by atoms with Gasteiger partial charge in [0.25, 0.3) is 0 Å². The van der Waals surface area contributed by atoms with Crippen molar-refractivity contribution in [1.82, 2.24) is 10.6 Å². The molecule has 1 aliphatic rings. The van der Waals surface area contributed by atoms with Gasteiger partial charge in [-0.1, -0.05) is 30.3 Å². The molecule has 0 aliphatic carbocycles. The summed E-state index contributed by atoms with van der Waals surface area (Å²) in [6, 6.07) is 8.94. The van der Waals surface area contributed by atoms with Gasteiger partial charge in [-0.25, -0.2) is 0 Å². The average Bonchev–Trinajstić information content (AvgIpc) is 2.28. The standard InChI is InChI=1S/C13H16N2O3/c16-12(10-6-14-7-10)15-8-11(13(17)18)9-4-2-1-3-5-9/h1-5,10-11,14H,6-8H2,(H,15,16)(H,17,18). The van der Waals surface area contributed by atoms with Gasteiger partial charge in [-0.3, -0.25) is 9.59 Å². The van der Waals surface area contributed by atoms with Crippen LogP contribution in [0.1, 0.15) is 11.5 Å². The van der Waals surface area contributed by atoms with Crippen LogP contribution in [0.25, 0.3) is 0 Å². The maximum Gasteiger partial charge on any atom is 0.312 e. The van der Waals surface area contributed by atoms with Crippen LogP contribution in [0.4, 0.5) is 0 Å². The molecule has 1 aromatic rings. The molecule has 1 aromatic carbocycles. The molecule has 1 fully saturated rings. The maximum atomic E-state index is 11.6. The molecule has 1 amide bonds. The Kier molecular flexibility index (Phi) is 3.94. The van der Waals surface area contributed by atoms with Crippen molar-refractivity contribution in [1.29, 1.82) is 0 Å². The molecule has 0 aromatic heterocycles. The second kappa shape index (κ2) is 5.64. The van der Waals surface area contributed by atoms with E-state index in [1.165, 1.54) is 0 Å². The van der Waals surface area contributed by atoms with Crippen LogP contribution in [-0.2, 0) is 9.59 Å². The number of carbonyl (C=O) groups is 2. The van der Waals surface area contributed by atoms with Crippen molar-refractivity contribution in [2.75, 3.05) is 19.6 Å². The summed E-state index contributed by atoms with van der Waals surface area (Å²) in [4.78, 5) is 22.8. The molecule has 2 rings (SSSR count). The number of rotatable bonds is 5. The first-order valence-electron chi connectivity index (χ1n) is 5.94. The lowest BCUT2D eigenvalue weighted by Crippen LogP contribution is -2.51. The third-order valence-electron chi connectivity index (χ3n) is 3.13. The summed E-state index contributed by atoms with van der Waals surface area (Å²) in [6.07, 6.45) is 0. The Morgan fingerprint density at radius 3 is 2.50 bits per heavy atom. The van der Waals surface area contributed by atoms with E-state index in [1.54, 1.807) is 24.3 Å². The molecular formula is C13H16N2O3. The molecule has 18 heavy (non-hydrogen) atoms. The first-order chi connectivity index (χ1) is 8.68. The lowest BCUT2D eigenvalue weighted by molar-refractivity contribution is -0.138. The zero-order valence-corrected chi connectivity index (χ0v) is 9.93. The number of carbonyl (C=O) groups excluding carboxylic acids is 1. The van der Waals surface area contributed by atoms with Gasteiger partial charge in [0.15, 0.2) is 0 Å². The number of aliphatic carboxylic acids is 1. The molecule has 1 unspecified atom stereocenters. The SMILES string of the molecule is O=C(NCC(C(=O)O)c1ccccc1)C1CNC1. The van der Waals surface area contributed by atoms with Crippen molar-refractivity contribution >= 4 is 11.9 Å². The molecule has 0 saturated carbocycles. The second-order valence-electron chi connectivity index (χ2n) is 4.40. The Morgan fingerprint density at radius 2 is 2.00 bits per heavy atom. The van der Waals surface area contributed by atoms with E-state index >= 15 is 0 Å². The number of benzene rings is 1. The third-order valence-corrected chi connectivity index (χ3v) is 3.13. The number of hydrogen-bond donors (Lipinski definition) is 3. The van der Waals surface area contributed by atoms with E-state index in [0.29, 0.717) is 18.7 Å². The van der Waals surface area contributed by atoms with E-state index in [-0.39, 0.29) is 18.4 Å². The Morgan fingerprint density at radius 1 is 1.33 bits per heavy atom. The van der Waals surface area contributed by atoms with E-state index in [9.17, 15) is 14.7 Å². The molecule has 5 heteroatoms. The lowest BCUT2D eigenvalue weighted by Gasteiger charge is -2.26. The largest absolute Gasteiger partial charge is 0.481 e. The highest BCUT2D eigenvalue weighted by molar-refractivity contribution is 5.82. The summed E-state index contributed by atoms with van der Waals surface area (Å²) < 4.78 is 0. The highest BCUT2D eigenvalue weighted by Gasteiger charge is 2.26. The van der Waals surface area contributed by atoms with Crippen molar-refractivity contribution < 1.29 is 14.7 Å². The molecule has 1 heterocycles. The summed E-state index contributed by atoms with van der Waals surface area (Å²) in [5.41, 5.74) is 0.706. The predicted molar refractivity (Wildman–Crippen MR) is 66.2 cm³/mol. The Labute approximate surface area is 105 Å². The first kappa shape index (κ1) is 12.6. The van der Waals surface area contributed by atoms with Crippen LogP contribution >= 0.6 is 0 Å². The molecule has 1 aliphatic heterocycles. The molecule has 5 nitrogen and oxygen atoms in total. The van der Waals surface area contributed by atoms with Gasteiger partial charge in [0.05, 0.1) is 11.8 Å². The second-order valence-corrected chi connectivity index (χ2v) is 4.40. The van der Waals surface area contributed by atoms with Gasteiger partial charge in [-0.05, 0) is 5.56 Å². The number of hydrogen-bond acceptors (Lipinski definition) is 3. The van der Waals surface area contributed by atoms with Crippen LogP contribution in [0, 0.1) is 5.92 Å². The minimum absolute atomic E-state index is 0.0183. The van der Waals surface area contributed by atoms with Crippen molar-refractivity contribution in [3.8, 4) is 0 Å². The summed E-state index contributed by atoms with van der Waals surface area (Å²) in [7, 11) is 0. The number of amides is 1. The van der Waals surface area contributed by atoms with Gasteiger partial charge in [-0.15, -0.1) is 0 Å². The van der Waals surface area contributed by atoms with Crippen molar-refractivity contribution in [2.45, 2.75) is 5.92 Å². The van der Waals surface area contributed by atoms with Crippen LogP contribution in [0.2, 0.25) is 0 Å². The Balaban J connectivity index is 1.94. The fourth-order valence-corrected chi connectivity index (χ4v) is 1.85. The minimum Gasteiger partial charge on any atom is -0.481 e. The van der Waals surface area contributed by atoms with E-state index in [0.717, 1.165) is 0 Å². The fourth-order valence-electron chi connectivity index (χ4n) is 1.85. The molecule has 0 radical (unpaired) electrons. The summed E-state index contributed by atoms with van der Waals surface area (Å²) in [6.45, 7) is 1.48. The van der Waals surface area contributed by atoms with E-state index < -0.39 is 11.9 Å². The van der Waals surface area contributed by atoms with E-state index in [4.69, 9.17) is 0 Å². The van der Waals surface area contributed by atoms with Gasteiger partial charge in [0.1, 0.15) is 0 Å². The molecule has 0 bridgehead atoms. The van der Waals surface area contributed by atoms with Gasteiger partial charge in [0, 0.05) is 19.6 Å². The summed E-state index contributed by atoms with van der Waals surface area (Å²) in [5.74, 6) is -1.71.